The van der Waals surface area contributed by atoms with Crippen LogP contribution in [-0.4, -0.2) is 29.9 Å². The van der Waals surface area contributed by atoms with Gasteiger partial charge in [0.25, 0.3) is 0 Å². The van der Waals surface area contributed by atoms with Gasteiger partial charge >= 0.3 is 0 Å². The predicted octanol–water partition coefficient (Wildman–Crippen LogP) is 3.19. The number of benzene rings is 1. The molecule has 3 nitrogen and oxygen atoms in total. The number of carbonyl (C=O) groups excluding carboxylic acids is 1. The average Bonchev–Trinajstić information content (AvgIpc) is 2.46. The van der Waals surface area contributed by atoms with Crippen molar-refractivity contribution in [2.45, 2.75) is 39.3 Å². The number of halogens is 1. The minimum atomic E-state index is 0.111. The third-order valence-corrected chi connectivity index (χ3v) is 4.61. The van der Waals surface area contributed by atoms with Crippen molar-refractivity contribution in [3.8, 4) is 0 Å². The highest BCUT2D eigenvalue weighted by Gasteiger charge is 2.23. The topological polar surface area (TPSA) is 32.3 Å². The fourth-order valence-corrected chi connectivity index (χ4v) is 2.99. The number of amides is 1. The number of nitrogens with one attached hydrogen (secondary N) is 1. The SMILES string of the molecule is CC(C)C(=O)N1CCC(NCc2ccccc2Br)CC1. The Kier molecular flexibility index (Phi) is 5.61. The van der Waals surface area contributed by atoms with E-state index in [1.54, 1.807) is 0 Å². The lowest BCUT2D eigenvalue weighted by molar-refractivity contribution is -0.135. The molecule has 1 saturated heterocycles. The highest BCUT2D eigenvalue weighted by atomic mass is 79.9. The minimum Gasteiger partial charge on any atom is -0.342 e. The fraction of sp³-hybridized carbons (Fsp3) is 0.562. The van der Waals surface area contributed by atoms with Gasteiger partial charge in [-0.15, -0.1) is 0 Å². The van der Waals surface area contributed by atoms with E-state index in [0.717, 1.165) is 36.9 Å². The van der Waals surface area contributed by atoms with Gasteiger partial charge in [0.15, 0.2) is 0 Å². The molecule has 1 heterocycles. The maximum atomic E-state index is 11.9. The highest BCUT2D eigenvalue weighted by Crippen LogP contribution is 2.17. The third kappa shape index (κ3) is 4.06. The van der Waals surface area contributed by atoms with Crippen molar-refractivity contribution in [3.63, 3.8) is 0 Å². The van der Waals surface area contributed by atoms with Crippen LogP contribution in [0.3, 0.4) is 0 Å². The van der Waals surface area contributed by atoms with Gasteiger partial charge < -0.3 is 10.2 Å². The number of carbonyl (C=O) groups is 1. The Morgan fingerprint density at radius 3 is 2.60 bits per heavy atom. The van der Waals surface area contributed by atoms with E-state index in [-0.39, 0.29) is 11.8 Å². The van der Waals surface area contributed by atoms with Crippen molar-refractivity contribution in [3.05, 3.63) is 34.3 Å². The summed E-state index contributed by atoms with van der Waals surface area (Å²) in [6, 6.07) is 8.81. The Balaban J connectivity index is 1.78. The molecule has 0 saturated carbocycles. The normalized spacial score (nSPS) is 16.7. The molecule has 0 unspecified atom stereocenters. The van der Waals surface area contributed by atoms with E-state index in [0.29, 0.717) is 6.04 Å². The van der Waals surface area contributed by atoms with Crippen LogP contribution in [0.4, 0.5) is 0 Å². The third-order valence-electron chi connectivity index (χ3n) is 3.84. The lowest BCUT2D eigenvalue weighted by Gasteiger charge is -2.33. The van der Waals surface area contributed by atoms with Crippen LogP contribution in [0.25, 0.3) is 0 Å². The van der Waals surface area contributed by atoms with Gasteiger partial charge in [0, 0.05) is 36.1 Å². The monoisotopic (exact) mass is 338 g/mol. The second kappa shape index (κ2) is 7.23. The molecule has 1 amide bonds. The maximum Gasteiger partial charge on any atom is 0.225 e. The molecule has 2 rings (SSSR count). The van der Waals surface area contributed by atoms with Crippen LogP contribution in [0.1, 0.15) is 32.3 Å². The molecule has 1 N–H and O–H groups in total. The lowest BCUT2D eigenvalue weighted by atomic mass is 10.0. The molecular weight excluding hydrogens is 316 g/mol. The summed E-state index contributed by atoms with van der Waals surface area (Å²) in [5, 5.41) is 3.60. The summed E-state index contributed by atoms with van der Waals surface area (Å²) in [5.41, 5.74) is 1.29. The molecular formula is C16H23BrN2O. The van der Waals surface area contributed by atoms with Gasteiger partial charge in [-0.1, -0.05) is 48.0 Å². The number of piperidine rings is 1. The zero-order valence-electron chi connectivity index (χ0n) is 12.2. The van der Waals surface area contributed by atoms with Crippen LogP contribution in [0.5, 0.6) is 0 Å². The first kappa shape index (κ1) is 15.5. The molecule has 0 aliphatic carbocycles. The summed E-state index contributed by atoms with van der Waals surface area (Å²) < 4.78 is 1.15. The van der Waals surface area contributed by atoms with Gasteiger partial charge in [0.2, 0.25) is 5.91 Å². The Labute approximate surface area is 129 Å². The molecule has 1 aromatic carbocycles. The van der Waals surface area contributed by atoms with E-state index < -0.39 is 0 Å². The van der Waals surface area contributed by atoms with Crippen LogP contribution < -0.4 is 5.32 Å². The van der Waals surface area contributed by atoms with Crippen molar-refractivity contribution in [1.29, 1.82) is 0 Å². The van der Waals surface area contributed by atoms with Gasteiger partial charge in [-0.25, -0.2) is 0 Å². The van der Waals surface area contributed by atoms with E-state index in [9.17, 15) is 4.79 Å². The van der Waals surface area contributed by atoms with E-state index in [1.807, 2.05) is 24.8 Å². The molecule has 0 bridgehead atoms. The van der Waals surface area contributed by atoms with Crippen LogP contribution in [0.15, 0.2) is 28.7 Å². The molecule has 0 aromatic heterocycles. The van der Waals surface area contributed by atoms with Gasteiger partial charge in [-0.3, -0.25) is 4.79 Å². The second-order valence-corrected chi connectivity index (χ2v) is 6.58. The summed E-state index contributed by atoms with van der Waals surface area (Å²) in [7, 11) is 0. The zero-order chi connectivity index (χ0) is 14.5. The molecule has 0 atom stereocenters. The summed E-state index contributed by atoms with van der Waals surface area (Å²) in [6.45, 7) is 6.58. The predicted molar refractivity (Wildman–Crippen MR) is 85.4 cm³/mol. The molecule has 20 heavy (non-hydrogen) atoms. The Bertz CT molecular complexity index is 454. The minimum absolute atomic E-state index is 0.111. The van der Waals surface area contributed by atoms with Crippen LogP contribution in [0.2, 0.25) is 0 Å². The maximum absolute atomic E-state index is 11.9. The van der Waals surface area contributed by atoms with Crippen LogP contribution >= 0.6 is 15.9 Å². The molecule has 1 aliphatic rings. The smallest absolute Gasteiger partial charge is 0.225 e. The van der Waals surface area contributed by atoms with Gasteiger partial charge in [0.1, 0.15) is 0 Å². The molecule has 1 aliphatic heterocycles. The number of hydrogen-bond acceptors (Lipinski definition) is 2. The number of rotatable bonds is 4. The van der Waals surface area contributed by atoms with E-state index in [2.05, 4.69) is 39.4 Å². The van der Waals surface area contributed by atoms with Crippen LogP contribution in [0, 0.1) is 5.92 Å². The first-order valence-corrected chi connectivity index (χ1v) is 8.13. The highest BCUT2D eigenvalue weighted by molar-refractivity contribution is 9.10. The average molecular weight is 339 g/mol. The molecule has 110 valence electrons. The lowest BCUT2D eigenvalue weighted by Crippen LogP contribution is -2.46. The van der Waals surface area contributed by atoms with Crippen molar-refractivity contribution in [1.82, 2.24) is 10.2 Å². The van der Waals surface area contributed by atoms with Crippen LogP contribution in [-0.2, 0) is 11.3 Å². The van der Waals surface area contributed by atoms with Gasteiger partial charge in [-0.05, 0) is 24.5 Å². The summed E-state index contributed by atoms with van der Waals surface area (Å²) in [6.07, 6.45) is 2.09. The largest absolute Gasteiger partial charge is 0.342 e. The fourth-order valence-electron chi connectivity index (χ4n) is 2.57. The molecule has 0 spiro atoms. The molecule has 4 heteroatoms. The van der Waals surface area contributed by atoms with Crippen molar-refractivity contribution in [2.75, 3.05) is 13.1 Å². The summed E-state index contributed by atoms with van der Waals surface area (Å²) in [4.78, 5) is 13.9. The van der Waals surface area contributed by atoms with Crippen molar-refractivity contribution >= 4 is 21.8 Å². The van der Waals surface area contributed by atoms with Gasteiger partial charge in [0.05, 0.1) is 0 Å². The molecule has 1 aromatic rings. The zero-order valence-corrected chi connectivity index (χ0v) is 13.8. The Morgan fingerprint density at radius 1 is 1.35 bits per heavy atom. The second-order valence-electron chi connectivity index (χ2n) is 5.73. The van der Waals surface area contributed by atoms with Crippen molar-refractivity contribution < 1.29 is 4.79 Å². The van der Waals surface area contributed by atoms with E-state index in [4.69, 9.17) is 0 Å². The Hall–Kier alpha value is -0.870. The summed E-state index contributed by atoms with van der Waals surface area (Å²) >= 11 is 3.57. The van der Waals surface area contributed by atoms with E-state index in [1.165, 1.54) is 5.56 Å². The first-order valence-electron chi connectivity index (χ1n) is 7.33. The standard InChI is InChI=1S/C16H23BrN2O/c1-12(2)16(20)19-9-7-14(8-10-19)18-11-13-5-3-4-6-15(13)17/h3-6,12,14,18H,7-11H2,1-2H3. The molecule has 0 radical (unpaired) electrons. The molecule has 1 fully saturated rings. The number of nitrogens with zero attached hydrogens (tertiary/aromatic N) is 1. The first-order chi connectivity index (χ1) is 9.58. The summed E-state index contributed by atoms with van der Waals surface area (Å²) in [5.74, 6) is 0.397. The number of hydrogen-bond donors (Lipinski definition) is 1. The quantitative estimate of drug-likeness (QED) is 0.914. The van der Waals surface area contributed by atoms with Gasteiger partial charge in [-0.2, -0.15) is 0 Å². The Morgan fingerprint density at radius 2 is 2.00 bits per heavy atom. The van der Waals surface area contributed by atoms with E-state index >= 15 is 0 Å². The number of likely N-dealkylation sites (tertiary alicyclic amines) is 1. The van der Waals surface area contributed by atoms with Crippen molar-refractivity contribution in [2.24, 2.45) is 5.92 Å².